The van der Waals surface area contributed by atoms with E-state index in [2.05, 4.69) is 5.32 Å². The maximum absolute atomic E-state index is 12.5. The number of carbonyl (C=O) groups excluding carboxylic acids is 3. The summed E-state index contributed by atoms with van der Waals surface area (Å²) in [6, 6.07) is 9.20. The molecule has 2 atom stereocenters. The van der Waals surface area contributed by atoms with Gasteiger partial charge in [-0.15, -0.1) is 0 Å². The lowest BCUT2D eigenvalue weighted by Crippen LogP contribution is -2.61. The fourth-order valence-corrected chi connectivity index (χ4v) is 3.84. The van der Waals surface area contributed by atoms with Crippen LogP contribution in [0, 0.1) is 0 Å². The van der Waals surface area contributed by atoms with Crippen LogP contribution in [0.1, 0.15) is 12.0 Å². The number of amides is 4. The van der Waals surface area contributed by atoms with E-state index in [1.54, 1.807) is 0 Å². The van der Waals surface area contributed by atoms with Gasteiger partial charge in [-0.1, -0.05) is 30.3 Å². The molecule has 26 heavy (non-hydrogen) atoms. The predicted octanol–water partition coefficient (Wildman–Crippen LogP) is -0.411. The number of likely N-dealkylation sites (tertiary alicyclic amines) is 1. The molecule has 2 aliphatic heterocycles. The van der Waals surface area contributed by atoms with Crippen LogP contribution in [-0.2, 0) is 15.1 Å². The molecule has 8 heteroatoms. The van der Waals surface area contributed by atoms with Gasteiger partial charge in [0.1, 0.15) is 6.54 Å². The van der Waals surface area contributed by atoms with Crippen LogP contribution in [0.5, 0.6) is 0 Å². The van der Waals surface area contributed by atoms with E-state index in [0.29, 0.717) is 13.0 Å². The summed E-state index contributed by atoms with van der Waals surface area (Å²) in [5.74, 6) is -0.748. The van der Waals surface area contributed by atoms with Crippen LogP contribution in [0.3, 0.4) is 0 Å². The molecule has 4 amide bonds. The fourth-order valence-electron chi connectivity index (χ4n) is 3.84. The number of piperidine rings is 1. The van der Waals surface area contributed by atoms with Gasteiger partial charge in [0.05, 0.1) is 18.2 Å². The molecule has 0 spiro atoms. The summed E-state index contributed by atoms with van der Waals surface area (Å²) in [7, 11) is 3.84. The van der Waals surface area contributed by atoms with Crippen LogP contribution in [0.4, 0.5) is 4.79 Å². The Kier molecular flexibility index (Phi) is 4.97. The Bertz CT molecular complexity index is 692. The fraction of sp³-hybridized carbons (Fsp3) is 0.500. The lowest BCUT2D eigenvalue weighted by atomic mass is 9.77. The number of aliphatic hydroxyl groups excluding tert-OH is 1. The van der Waals surface area contributed by atoms with Gasteiger partial charge < -0.3 is 15.3 Å². The van der Waals surface area contributed by atoms with Crippen LogP contribution in [0.25, 0.3) is 0 Å². The van der Waals surface area contributed by atoms with E-state index in [1.807, 2.05) is 49.3 Å². The molecule has 1 aromatic carbocycles. The van der Waals surface area contributed by atoms with Crippen LogP contribution in [-0.4, -0.2) is 84.0 Å². The highest BCUT2D eigenvalue weighted by Gasteiger charge is 2.46. The minimum absolute atomic E-state index is 0.0769. The molecule has 0 radical (unpaired) electrons. The van der Waals surface area contributed by atoms with Gasteiger partial charge in [0.25, 0.3) is 5.91 Å². The molecule has 140 valence electrons. The number of hydrogen-bond donors (Lipinski definition) is 2. The molecule has 2 N–H and O–H groups in total. The molecule has 0 bridgehead atoms. The highest BCUT2D eigenvalue weighted by molar-refractivity contribution is 6.04. The van der Waals surface area contributed by atoms with Crippen LogP contribution < -0.4 is 5.32 Å². The number of β-amino-alcohol motifs (C(OH)–C–C–N with tert-alkyl or cyclic N) is 1. The monoisotopic (exact) mass is 360 g/mol. The Labute approximate surface area is 152 Å². The molecular formula is C18H24N4O4. The van der Waals surface area contributed by atoms with Crippen LogP contribution in [0.15, 0.2) is 30.3 Å². The van der Waals surface area contributed by atoms with E-state index in [1.165, 1.54) is 4.90 Å². The van der Waals surface area contributed by atoms with E-state index in [0.717, 1.165) is 10.5 Å². The van der Waals surface area contributed by atoms with Crippen molar-refractivity contribution in [3.05, 3.63) is 35.9 Å². The summed E-state index contributed by atoms with van der Waals surface area (Å²) in [6.07, 6.45) is -0.238. The Morgan fingerprint density at radius 2 is 2.00 bits per heavy atom. The van der Waals surface area contributed by atoms with E-state index in [9.17, 15) is 19.5 Å². The maximum atomic E-state index is 12.5. The van der Waals surface area contributed by atoms with Crippen molar-refractivity contribution >= 4 is 17.8 Å². The van der Waals surface area contributed by atoms with Crippen molar-refractivity contribution in [1.82, 2.24) is 20.0 Å². The first-order chi connectivity index (χ1) is 12.4. The smallest absolute Gasteiger partial charge is 0.325 e. The van der Waals surface area contributed by atoms with Crippen molar-refractivity contribution in [2.75, 3.05) is 40.3 Å². The number of likely N-dealkylation sites (N-methyl/N-ethyl adjacent to an activating group) is 1. The zero-order valence-corrected chi connectivity index (χ0v) is 15.0. The number of nitrogens with one attached hydrogen (secondary N) is 1. The van der Waals surface area contributed by atoms with Gasteiger partial charge in [-0.25, -0.2) is 4.79 Å². The zero-order valence-electron chi connectivity index (χ0n) is 15.0. The molecule has 0 unspecified atom stereocenters. The standard InChI is InChI=1S/C18H24N4O4/c1-20(2)18(13-6-4-3-5-7-13)8-9-21(11-14(18)23)16(25)12-22-15(24)10-19-17(22)26/h3-7,14,23H,8-12H2,1-2H3,(H,19,26)/t14-,18+/m1/s1. The molecule has 3 rings (SSSR count). The summed E-state index contributed by atoms with van der Waals surface area (Å²) < 4.78 is 0. The van der Waals surface area contributed by atoms with Crippen molar-refractivity contribution in [3.63, 3.8) is 0 Å². The van der Waals surface area contributed by atoms with Crippen molar-refractivity contribution < 1.29 is 19.5 Å². The lowest BCUT2D eigenvalue weighted by Gasteiger charge is -2.50. The SMILES string of the molecule is CN(C)[C@]1(c2ccccc2)CCN(C(=O)CN2C(=O)CNC2=O)C[C@H]1O. The first-order valence-electron chi connectivity index (χ1n) is 8.63. The normalized spacial score (nSPS) is 26.4. The third-order valence-corrected chi connectivity index (χ3v) is 5.36. The number of imide groups is 1. The molecular weight excluding hydrogens is 336 g/mol. The van der Waals surface area contributed by atoms with Crippen molar-refractivity contribution in [2.45, 2.75) is 18.1 Å². The van der Waals surface area contributed by atoms with E-state index < -0.39 is 23.6 Å². The van der Waals surface area contributed by atoms with Crippen molar-refractivity contribution in [3.8, 4) is 0 Å². The van der Waals surface area contributed by atoms with Gasteiger partial charge in [0.15, 0.2) is 0 Å². The van der Waals surface area contributed by atoms with E-state index >= 15 is 0 Å². The molecule has 0 aromatic heterocycles. The summed E-state index contributed by atoms with van der Waals surface area (Å²) >= 11 is 0. The second kappa shape index (κ2) is 7.05. The molecule has 1 aromatic rings. The summed E-state index contributed by atoms with van der Waals surface area (Å²) in [5, 5.41) is 13.3. The highest BCUT2D eigenvalue weighted by Crippen LogP contribution is 2.37. The number of hydrogen-bond acceptors (Lipinski definition) is 5. The molecule has 8 nitrogen and oxygen atoms in total. The van der Waals surface area contributed by atoms with Gasteiger partial charge in [0, 0.05) is 13.1 Å². The number of benzene rings is 1. The number of urea groups is 1. The van der Waals surface area contributed by atoms with E-state index in [4.69, 9.17) is 0 Å². The summed E-state index contributed by atoms with van der Waals surface area (Å²) in [6.45, 7) is 0.215. The van der Waals surface area contributed by atoms with Crippen molar-refractivity contribution in [1.29, 1.82) is 0 Å². The average molecular weight is 360 g/mol. The second-order valence-corrected chi connectivity index (χ2v) is 6.93. The first kappa shape index (κ1) is 18.3. The molecule has 0 saturated carbocycles. The van der Waals surface area contributed by atoms with Gasteiger partial charge in [-0.2, -0.15) is 0 Å². The minimum atomic E-state index is -0.791. The number of carbonyl (C=O) groups is 3. The number of rotatable bonds is 4. The lowest BCUT2D eigenvalue weighted by molar-refractivity contribution is -0.143. The molecule has 2 aliphatic rings. The van der Waals surface area contributed by atoms with Crippen LogP contribution >= 0.6 is 0 Å². The van der Waals surface area contributed by atoms with Gasteiger partial charge in [0.2, 0.25) is 5.91 Å². The summed E-state index contributed by atoms with van der Waals surface area (Å²) in [4.78, 5) is 40.2. The Morgan fingerprint density at radius 3 is 2.54 bits per heavy atom. The Hall–Kier alpha value is -2.45. The first-order valence-corrected chi connectivity index (χ1v) is 8.63. The summed E-state index contributed by atoms with van der Waals surface area (Å²) in [5.41, 5.74) is 0.414. The predicted molar refractivity (Wildman–Crippen MR) is 94.1 cm³/mol. The molecule has 2 heterocycles. The third-order valence-electron chi connectivity index (χ3n) is 5.36. The van der Waals surface area contributed by atoms with Crippen LogP contribution in [0.2, 0.25) is 0 Å². The van der Waals surface area contributed by atoms with E-state index in [-0.39, 0.29) is 25.5 Å². The van der Waals surface area contributed by atoms with Crippen molar-refractivity contribution in [2.24, 2.45) is 0 Å². The Morgan fingerprint density at radius 1 is 1.31 bits per heavy atom. The third kappa shape index (κ3) is 3.06. The van der Waals surface area contributed by atoms with Gasteiger partial charge in [-0.3, -0.25) is 19.4 Å². The topological polar surface area (TPSA) is 93.2 Å². The minimum Gasteiger partial charge on any atom is -0.389 e. The molecule has 2 fully saturated rings. The largest absolute Gasteiger partial charge is 0.389 e. The van der Waals surface area contributed by atoms with Gasteiger partial charge in [-0.05, 0) is 26.1 Å². The molecule has 0 aliphatic carbocycles. The van der Waals surface area contributed by atoms with Gasteiger partial charge >= 0.3 is 6.03 Å². The quantitative estimate of drug-likeness (QED) is 0.712. The Balaban J connectivity index is 1.74. The molecule has 2 saturated heterocycles. The zero-order chi connectivity index (χ0) is 18.9. The maximum Gasteiger partial charge on any atom is 0.325 e. The number of nitrogens with zero attached hydrogens (tertiary/aromatic N) is 3. The average Bonchev–Trinajstić information content (AvgIpc) is 2.94. The number of aliphatic hydroxyl groups is 1. The second-order valence-electron chi connectivity index (χ2n) is 6.93. The highest BCUT2D eigenvalue weighted by atomic mass is 16.3.